The first-order chi connectivity index (χ1) is 15.6. The Morgan fingerprint density at radius 3 is 2.84 bits per heavy atom. The van der Waals surface area contributed by atoms with E-state index in [0.29, 0.717) is 35.1 Å². The second-order valence-corrected chi connectivity index (χ2v) is 7.59. The molecule has 0 aliphatic heterocycles. The smallest absolute Gasteiger partial charge is 0.257 e. The maximum atomic E-state index is 6.53. The molecule has 4 aromatic heterocycles. The molecule has 4 heterocycles. The van der Waals surface area contributed by atoms with Gasteiger partial charge in [0.2, 0.25) is 0 Å². The van der Waals surface area contributed by atoms with E-state index in [1.165, 1.54) is 0 Å². The van der Waals surface area contributed by atoms with Gasteiger partial charge in [0.1, 0.15) is 17.1 Å². The Hall–Kier alpha value is -3.98. The highest BCUT2D eigenvalue weighted by atomic mass is 35.5. The van der Waals surface area contributed by atoms with Crippen LogP contribution >= 0.6 is 11.6 Å². The van der Waals surface area contributed by atoms with Gasteiger partial charge in [0.25, 0.3) is 5.88 Å². The summed E-state index contributed by atoms with van der Waals surface area (Å²) in [4.78, 5) is 20.8. The quantitative estimate of drug-likeness (QED) is 0.408. The first-order valence-corrected chi connectivity index (χ1v) is 10.3. The Labute approximate surface area is 188 Å². The summed E-state index contributed by atoms with van der Waals surface area (Å²) in [6, 6.07) is 9.45. The Morgan fingerprint density at radius 1 is 1.16 bits per heavy atom. The standard InChI is InChI=1S/C22H19ClN8O/c1-31-7-4-17(30-31)20-19(14-9-13-3-2-6-26-18(13)16(23)10-14)29-22(21(24)28-20)32-8-5-15-11-25-12-27-15/h2-4,6-7,9-12H,5,8H2,1H3,(H2,24,28)(H,25,27). The van der Waals surface area contributed by atoms with Gasteiger partial charge < -0.3 is 15.5 Å². The average Bonchev–Trinajstić information content (AvgIpc) is 3.46. The molecule has 0 saturated carbocycles. The Bertz CT molecular complexity index is 1400. The highest BCUT2D eigenvalue weighted by Crippen LogP contribution is 2.35. The van der Waals surface area contributed by atoms with Crippen molar-refractivity contribution in [1.82, 2.24) is 34.7 Å². The SMILES string of the molecule is Cn1ccc(-c2nc(N)c(OCCc3c[nH]cn3)nc2-c2cc(Cl)c3ncccc3c2)n1. The normalized spacial score (nSPS) is 11.2. The number of benzene rings is 1. The van der Waals surface area contributed by atoms with Crippen LogP contribution in [0.1, 0.15) is 5.69 Å². The Kier molecular flexibility index (Phi) is 5.16. The molecule has 0 amide bonds. The third kappa shape index (κ3) is 3.85. The van der Waals surface area contributed by atoms with Crippen molar-refractivity contribution >= 4 is 28.3 Å². The van der Waals surface area contributed by atoms with Crippen LogP contribution in [-0.2, 0) is 13.5 Å². The van der Waals surface area contributed by atoms with Crippen LogP contribution in [-0.4, -0.2) is 41.3 Å². The van der Waals surface area contributed by atoms with Crippen molar-refractivity contribution in [1.29, 1.82) is 0 Å². The van der Waals surface area contributed by atoms with Gasteiger partial charge in [-0.3, -0.25) is 9.67 Å². The van der Waals surface area contributed by atoms with Crippen LogP contribution in [0, 0.1) is 0 Å². The number of aromatic nitrogens is 7. The summed E-state index contributed by atoms with van der Waals surface area (Å²) in [6.07, 6.45) is 7.60. The lowest BCUT2D eigenvalue weighted by molar-refractivity contribution is 0.309. The fourth-order valence-electron chi connectivity index (χ4n) is 3.42. The summed E-state index contributed by atoms with van der Waals surface area (Å²) in [6.45, 7) is 0.356. The molecule has 0 aliphatic carbocycles. The topological polar surface area (TPSA) is 120 Å². The molecular weight excluding hydrogens is 428 g/mol. The summed E-state index contributed by atoms with van der Waals surface area (Å²) in [5.74, 6) is 0.433. The number of halogens is 1. The number of anilines is 1. The summed E-state index contributed by atoms with van der Waals surface area (Å²) in [5, 5.41) is 5.89. The number of H-pyrrole nitrogens is 1. The maximum Gasteiger partial charge on any atom is 0.257 e. The largest absolute Gasteiger partial charge is 0.475 e. The number of imidazole rings is 1. The lowest BCUT2D eigenvalue weighted by Crippen LogP contribution is -2.08. The molecule has 1 aromatic carbocycles. The van der Waals surface area contributed by atoms with Gasteiger partial charge in [-0.2, -0.15) is 5.10 Å². The van der Waals surface area contributed by atoms with E-state index in [-0.39, 0.29) is 11.7 Å². The van der Waals surface area contributed by atoms with Gasteiger partial charge in [-0.05, 0) is 24.3 Å². The number of nitrogen functional groups attached to an aromatic ring is 1. The number of hydrogen-bond donors (Lipinski definition) is 2. The molecule has 10 heteroatoms. The number of pyridine rings is 1. The van der Waals surface area contributed by atoms with Gasteiger partial charge in [0.15, 0.2) is 5.82 Å². The zero-order valence-electron chi connectivity index (χ0n) is 17.2. The van der Waals surface area contributed by atoms with E-state index < -0.39 is 0 Å². The second kappa shape index (κ2) is 8.27. The van der Waals surface area contributed by atoms with E-state index >= 15 is 0 Å². The fraction of sp³-hybridized carbons (Fsp3) is 0.136. The summed E-state index contributed by atoms with van der Waals surface area (Å²) in [7, 11) is 1.84. The Morgan fingerprint density at radius 2 is 2.06 bits per heavy atom. The maximum absolute atomic E-state index is 6.53. The number of nitrogens with two attached hydrogens (primary N) is 1. The van der Waals surface area contributed by atoms with Crippen molar-refractivity contribution < 1.29 is 4.74 Å². The number of aromatic amines is 1. The zero-order chi connectivity index (χ0) is 22.1. The van der Waals surface area contributed by atoms with Gasteiger partial charge in [0.05, 0.1) is 29.2 Å². The number of aryl methyl sites for hydroxylation is 1. The van der Waals surface area contributed by atoms with Gasteiger partial charge >= 0.3 is 0 Å². The van der Waals surface area contributed by atoms with Gasteiger partial charge in [-0.15, -0.1) is 0 Å². The molecule has 5 aromatic rings. The molecule has 0 fully saturated rings. The third-order valence-electron chi connectivity index (χ3n) is 4.93. The predicted octanol–water partition coefficient (Wildman–Crippen LogP) is 3.67. The highest BCUT2D eigenvalue weighted by Gasteiger charge is 2.19. The van der Waals surface area contributed by atoms with Crippen LogP contribution in [0.25, 0.3) is 33.5 Å². The van der Waals surface area contributed by atoms with E-state index in [9.17, 15) is 0 Å². The number of nitrogens with one attached hydrogen (secondary N) is 1. The van der Waals surface area contributed by atoms with Crippen molar-refractivity contribution in [3.8, 4) is 28.5 Å². The van der Waals surface area contributed by atoms with E-state index in [0.717, 1.165) is 22.2 Å². The molecule has 0 bridgehead atoms. The van der Waals surface area contributed by atoms with E-state index in [1.807, 2.05) is 49.8 Å². The second-order valence-electron chi connectivity index (χ2n) is 7.18. The van der Waals surface area contributed by atoms with E-state index in [2.05, 4.69) is 25.0 Å². The van der Waals surface area contributed by atoms with Crippen LogP contribution in [0.3, 0.4) is 0 Å². The minimum absolute atomic E-state index is 0.185. The van der Waals surface area contributed by atoms with Crippen LogP contribution in [0.15, 0.2) is 55.2 Å². The lowest BCUT2D eigenvalue weighted by atomic mass is 10.0. The van der Waals surface area contributed by atoms with Gasteiger partial charge in [0, 0.05) is 43.0 Å². The predicted molar refractivity (Wildman–Crippen MR) is 122 cm³/mol. The molecule has 0 unspecified atom stereocenters. The zero-order valence-corrected chi connectivity index (χ0v) is 17.9. The summed E-state index contributed by atoms with van der Waals surface area (Å²) in [5.41, 5.74) is 10.3. The molecule has 0 spiro atoms. The summed E-state index contributed by atoms with van der Waals surface area (Å²) >= 11 is 6.53. The molecule has 32 heavy (non-hydrogen) atoms. The van der Waals surface area contributed by atoms with Crippen molar-refractivity contribution in [2.45, 2.75) is 6.42 Å². The average molecular weight is 447 g/mol. The molecule has 0 atom stereocenters. The lowest BCUT2D eigenvalue weighted by Gasteiger charge is -2.13. The minimum Gasteiger partial charge on any atom is -0.475 e. The molecule has 0 radical (unpaired) electrons. The molecule has 9 nitrogen and oxygen atoms in total. The van der Waals surface area contributed by atoms with Crippen LogP contribution in [0.2, 0.25) is 5.02 Å². The molecule has 0 saturated heterocycles. The van der Waals surface area contributed by atoms with E-state index in [1.54, 1.807) is 17.2 Å². The van der Waals surface area contributed by atoms with Crippen LogP contribution < -0.4 is 10.5 Å². The summed E-state index contributed by atoms with van der Waals surface area (Å²) < 4.78 is 7.56. The molecule has 160 valence electrons. The monoisotopic (exact) mass is 446 g/mol. The number of nitrogens with zero attached hydrogens (tertiary/aromatic N) is 6. The van der Waals surface area contributed by atoms with Crippen molar-refractivity contribution in [2.75, 3.05) is 12.3 Å². The number of fused-ring (bicyclic) bond motifs is 1. The van der Waals surface area contributed by atoms with Crippen molar-refractivity contribution in [3.63, 3.8) is 0 Å². The van der Waals surface area contributed by atoms with Crippen LogP contribution in [0.5, 0.6) is 5.88 Å². The number of ether oxygens (including phenoxy) is 1. The van der Waals surface area contributed by atoms with Gasteiger partial charge in [-0.1, -0.05) is 17.7 Å². The molecule has 0 aliphatic rings. The third-order valence-corrected chi connectivity index (χ3v) is 5.22. The fourth-order valence-corrected chi connectivity index (χ4v) is 3.70. The first-order valence-electron chi connectivity index (χ1n) is 9.91. The first kappa shape index (κ1) is 20.0. The number of hydrogen-bond acceptors (Lipinski definition) is 7. The van der Waals surface area contributed by atoms with Gasteiger partial charge in [-0.25, -0.2) is 15.0 Å². The minimum atomic E-state index is 0.185. The van der Waals surface area contributed by atoms with E-state index in [4.69, 9.17) is 27.1 Å². The van der Waals surface area contributed by atoms with Crippen LogP contribution in [0.4, 0.5) is 5.82 Å². The highest BCUT2D eigenvalue weighted by molar-refractivity contribution is 6.35. The number of rotatable bonds is 6. The molecule has 3 N–H and O–H groups in total. The molecule has 5 rings (SSSR count). The van der Waals surface area contributed by atoms with Crippen molar-refractivity contribution in [2.24, 2.45) is 7.05 Å². The van der Waals surface area contributed by atoms with Crippen molar-refractivity contribution in [3.05, 3.63) is 66.0 Å². The molecular formula is C22H19ClN8O. The Balaban J connectivity index is 1.59.